The lowest BCUT2D eigenvalue weighted by Crippen LogP contribution is -2.49. The second-order valence-corrected chi connectivity index (χ2v) is 6.58. The van der Waals surface area contributed by atoms with Crippen LogP contribution in [0.25, 0.3) is 0 Å². The molecule has 1 N–H and O–H groups in total. The van der Waals surface area contributed by atoms with E-state index in [0.29, 0.717) is 19.4 Å². The smallest absolute Gasteiger partial charge is 0.242 e. The lowest BCUT2D eigenvalue weighted by molar-refractivity contribution is -0.141. The molecule has 0 aromatic heterocycles. The molecule has 0 fully saturated rings. The topological polar surface area (TPSA) is 49.4 Å². The van der Waals surface area contributed by atoms with Gasteiger partial charge in [0.05, 0.1) is 0 Å². The fraction of sp³-hybridized carbons (Fsp3) is 0.364. The Morgan fingerprint density at radius 1 is 1.04 bits per heavy atom. The minimum absolute atomic E-state index is 0.0125. The molecule has 0 heterocycles. The summed E-state index contributed by atoms with van der Waals surface area (Å²) in [5.74, 6) is -0.121. The molecule has 4 nitrogen and oxygen atoms in total. The van der Waals surface area contributed by atoms with Crippen molar-refractivity contribution in [1.29, 1.82) is 0 Å². The first kappa shape index (κ1) is 19.7. The summed E-state index contributed by atoms with van der Waals surface area (Å²) in [7, 11) is 1.62. The third kappa shape index (κ3) is 5.45. The number of aryl methyl sites for hydroxylation is 1. The van der Waals surface area contributed by atoms with Gasteiger partial charge in [0.1, 0.15) is 6.04 Å². The fourth-order valence-electron chi connectivity index (χ4n) is 3.09. The van der Waals surface area contributed by atoms with Gasteiger partial charge < -0.3 is 10.2 Å². The molecule has 4 heteroatoms. The Morgan fingerprint density at radius 3 is 2.35 bits per heavy atom. The Labute approximate surface area is 156 Å². The number of rotatable bonds is 8. The zero-order valence-corrected chi connectivity index (χ0v) is 15.9. The predicted molar refractivity (Wildman–Crippen MR) is 105 cm³/mol. The van der Waals surface area contributed by atoms with E-state index in [1.54, 1.807) is 11.9 Å². The van der Waals surface area contributed by atoms with Gasteiger partial charge in [-0.05, 0) is 24.5 Å². The molecule has 0 saturated carbocycles. The lowest BCUT2D eigenvalue weighted by Gasteiger charge is -2.31. The van der Waals surface area contributed by atoms with Crippen molar-refractivity contribution in [3.05, 3.63) is 71.3 Å². The minimum Gasteiger partial charge on any atom is -0.357 e. The van der Waals surface area contributed by atoms with Gasteiger partial charge in [0.25, 0.3) is 0 Å². The van der Waals surface area contributed by atoms with Gasteiger partial charge in [0.15, 0.2) is 0 Å². The summed E-state index contributed by atoms with van der Waals surface area (Å²) in [4.78, 5) is 27.2. The van der Waals surface area contributed by atoms with Crippen LogP contribution in [0.5, 0.6) is 0 Å². The average Bonchev–Trinajstić information content (AvgIpc) is 2.65. The van der Waals surface area contributed by atoms with Crippen LogP contribution in [0.1, 0.15) is 36.5 Å². The summed E-state index contributed by atoms with van der Waals surface area (Å²) in [5.41, 5.74) is 3.22. The number of amides is 2. The van der Waals surface area contributed by atoms with E-state index in [2.05, 4.69) is 11.4 Å². The van der Waals surface area contributed by atoms with E-state index < -0.39 is 6.04 Å². The molecule has 2 rings (SSSR count). The van der Waals surface area contributed by atoms with Crippen molar-refractivity contribution in [2.24, 2.45) is 0 Å². The maximum Gasteiger partial charge on any atom is 0.242 e. The van der Waals surface area contributed by atoms with Crippen LogP contribution in [0, 0.1) is 6.92 Å². The number of nitrogens with zero attached hydrogens (tertiary/aromatic N) is 1. The van der Waals surface area contributed by atoms with E-state index in [1.807, 2.05) is 62.4 Å². The van der Waals surface area contributed by atoms with Crippen LogP contribution in [0.15, 0.2) is 54.6 Å². The van der Waals surface area contributed by atoms with Crippen LogP contribution < -0.4 is 5.32 Å². The molecule has 0 unspecified atom stereocenters. The quantitative estimate of drug-likeness (QED) is 0.791. The molecule has 0 bridgehead atoms. The molecular formula is C22H28N2O2. The monoisotopic (exact) mass is 352 g/mol. The summed E-state index contributed by atoms with van der Waals surface area (Å²) < 4.78 is 0. The Bertz CT molecular complexity index is 728. The van der Waals surface area contributed by atoms with Gasteiger partial charge in [-0.25, -0.2) is 0 Å². The number of likely N-dealkylation sites (N-methyl/N-ethyl adjacent to an activating group) is 1. The van der Waals surface area contributed by atoms with Crippen LogP contribution in [-0.2, 0) is 22.6 Å². The first-order valence-corrected chi connectivity index (χ1v) is 9.15. The van der Waals surface area contributed by atoms with Crippen molar-refractivity contribution in [3.8, 4) is 0 Å². The van der Waals surface area contributed by atoms with Crippen molar-refractivity contribution in [2.75, 3.05) is 7.05 Å². The van der Waals surface area contributed by atoms with Crippen LogP contribution in [-0.4, -0.2) is 29.8 Å². The number of carbonyl (C=O) groups excluding carboxylic acids is 2. The SMILES string of the molecule is CCCC(=O)N(Cc1cccc(C)c1)[C@H](Cc1ccccc1)C(=O)NC. The van der Waals surface area contributed by atoms with Gasteiger partial charge in [0.2, 0.25) is 11.8 Å². The molecule has 2 aromatic rings. The largest absolute Gasteiger partial charge is 0.357 e. The standard InChI is InChI=1S/C22H28N2O2/c1-4-9-21(25)24(16-19-13-8-10-17(2)14-19)20(22(26)23-3)15-18-11-6-5-7-12-18/h5-8,10-14,20H,4,9,15-16H2,1-3H3,(H,23,26)/t20-/m1/s1. The molecule has 2 aromatic carbocycles. The predicted octanol–water partition coefficient (Wildman–Crippen LogP) is 3.48. The first-order chi connectivity index (χ1) is 12.5. The lowest BCUT2D eigenvalue weighted by atomic mass is 10.0. The summed E-state index contributed by atoms with van der Waals surface area (Å²) >= 11 is 0. The summed E-state index contributed by atoms with van der Waals surface area (Å²) in [6.07, 6.45) is 1.70. The molecule has 26 heavy (non-hydrogen) atoms. The highest BCUT2D eigenvalue weighted by Crippen LogP contribution is 2.16. The Hall–Kier alpha value is -2.62. The molecule has 0 saturated heterocycles. The Balaban J connectivity index is 2.33. The molecule has 0 aliphatic rings. The van der Waals surface area contributed by atoms with E-state index in [0.717, 1.165) is 23.1 Å². The Morgan fingerprint density at radius 2 is 1.73 bits per heavy atom. The summed E-state index contributed by atoms with van der Waals surface area (Å²) in [6, 6.07) is 17.4. The molecular weight excluding hydrogens is 324 g/mol. The van der Waals surface area contributed by atoms with Gasteiger partial charge >= 0.3 is 0 Å². The van der Waals surface area contributed by atoms with Crippen molar-refractivity contribution >= 4 is 11.8 Å². The number of carbonyl (C=O) groups is 2. The second-order valence-electron chi connectivity index (χ2n) is 6.58. The third-order valence-corrected chi connectivity index (χ3v) is 4.42. The maximum absolute atomic E-state index is 12.8. The zero-order valence-electron chi connectivity index (χ0n) is 15.9. The van der Waals surface area contributed by atoms with E-state index in [1.165, 1.54) is 0 Å². The highest BCUT2D eigenvalue weighted by Gasteiger charge is 2.29. The summed E-state index contributed by atoms with van der Waals surface area (Å²) in [6.45, 7) is 4.45. The van der Waals surface area contributed by atoms with Crippen LogP contribution >= 0.6 is 0 Å². The maximum atomic E-state index is 12.8. The molecule has 2 amide bonds. The molecule has 0 spiro atoms. The highest BCUT2D eigenvalue weighted by molar-refractivity contribution is 5.87. The van der Waals surface area contributed by atoms with Crippen LogP contribution in [0.4, 0.5) is 0 Å². The normalized spacial score (nSPS) is 11.7. The van der Waals surface area contributed by atoms with Gasteiger partial charge in [-0.3, -0.25) is 9.59 Å². The molecule has 1 atom stereocenters. The fourth-order valence-corrected chi connectivity index (χ4v) is 3.09. The molecule has 0 radical (unpaired) electrons. The van der Waals surface area contributed by atoms with Crippen LogP contribution in [0.2, 0.25) is 0 Å². The van der Waals surface area contributed by atoms with E-state index in [9.17, 15) is 9.59 Å². The van der Waals surface area contributed by atoms with E-state index in [4.69, 9.17) is 0 Å². The molecule has 0 aliphatic carbocycles. The van der Waals surface area contributed by atoms with E-state index in [-0.39, 0.29) is 11.8 Å². The average molecular weight is 352 g/mol. The zero-order chi connectivity index (χ0) is 18.9. The molecule has 138 valence electrons. The number of hydrogen-bond acceptors (Lipinski definition) is 2. The van der Waals surface area contributed by atoms with Gasteiger partial charge in [-0.15, -0.1) is 0 Å². The third-order valence-electron chi connectivity index (χ3n) is 4.42. The van der Waals surface area contributed by atoms with Crippen molar-refractivity contribution in [1.82, 2.24) is 10.2 Å². The summed E-state index contributed by atoms with van der Waals surface area (Å²) in [5, 5.41) is 2.73. The number of hydrogen-bond donors (Lipinski definition) is 1. The molecule has 0 aliphatic heterocycles. The Kier molecular flexibility index (Phi) is 7.39. The number of nitrogens with one attached hydrogen (secondary N) is 1. The van der Waals surface area contributed by atoms with Crippen molar-refractivity contribution in [2.45, 2.75) is 45.7 Å². The van der Waals surface area contributed by atoms with Gasteiger partial charge in [-0.1, -0.05) is 67.1 Å². The van der Waals surface area contributed by atoms with Crippen molar-refractivity contribution < 1.29 is 9.59 Å². The van der Waals surface area contributed by atoms with E-state index >= 15 is 0 Å². The van der Waals surface area contributed by atoms with Gasteiger partial charge in [0, 0.05) is 26.4 Å². The van der Waals surface area contributed by atoms with Crippen molar-refractivity contribution in [3.63, 3.8) is 0 Å². The highest BCUT2D eigenvalue weighted by atomic mass is 16.2. The number of benzene rings is 2. The second kappa shape index (κ2) is 9.76. The van der Waals surface area contributed by atoms with Gasteiger partial charge in [-0.2, -0.15) is 0 Å². The van der Waals surface area contributed by atoms with Crippen LogP contribution in [0.3, 0.4) is 0 Å². The first-order valence-electron chi connectivity index (χ1n) is 9.15. The minimum atomic E-state index is -0.526.